The van der Waals surface area contributed by atoms with Crippen LogP contribution in [0.2, 0.25) is 0 Å². The molecule has 14 heavy (non-hydrogen) atoms. The lowest BCUT2D eigenvalue weighted by Crippen LogP contribution is -1.89. The Kier molecular flexibility index (Phi) is 2.49. The number of aryl methyl sites for hydroxylation is 2. The first-order valence-corrected chi connectivity index (χ1v) is 4.71. The first-order valence-electron chi connectivity index (χ1n) is 4.18. The third-order valence-corrected chi connectivity index (χ3v) is 1.91. The Bertz CT molecular complexity index is 422. The minimum absolute atomic E-state index is 0.476. The van der Waals surface area contributed by atoms with E-state index in [-0.39, 0.29) is 0 Å². The molecule has 0 amide bonds. The molecule has 0 aliphatic carbocycles. The first kappa shape index (κ1) is 9.21. The molecule has 0 atom stereocenters. The topological polar surface area (TPSA) is 56.7 Å². The van der Waals surface area contributed by atoms with Crippen LogP contribution in [0.5, 0.6) is 0 Å². The molecule has 2 rings (SSSR count). The van der Waals surface area contributed by atoms with Gasteiger partial charge in [0.05, 0.1) is 0 Å². The molecule has 2 heterocycles. The van der Waals surface area contributed by atoms with Crippen LogP contribution in [-0.4, -0.2) is 25.8 Å². The van der Waals surface area contributed by atoms with Crippen LogP contribution >= 0.6 is 11.6 Å². The van der Waals surface area contributed by atoms with E-state index in [1.54, 1.807) is 4.68 Å². The van der Waals surface area contributed by atoms with Crippen LogP contribution in [0, 0.1) is 0 Å². The summed E-state index contributed by atoms with van der Waals surface area (Å²) in [6.45, 7) is 0. The summed E-state index contributed by atoms with van der Waals surface area (Å²) >= 11 is 5.55. The average Bonchev–Trinajstić information content (AvgIpc) is 2.74. The van der Waals surface area contributed by atoms with E-state index in [0.29, 0.717) is 29.7 Å². The van der Waals surface area contributed by atoms with E-state index in [4.69, 9.17) is 16.1 Å². The maximum atomic E-state index is 5.55. The zero-order chi connectivity index (χ0) is 9.97. The predicted octanol–water partition coefficient (Wildman–Crippen LogP) is 1.25. The maximum Gasteiger partial charge on any atom is 0.228 e. The fourth-order valence-electron chi connectivity index (χ4n) is 1.08. The molecule has 0 spiro atoms. The molecule has 0 unspecified atom stereocenters. The molecule has 5 nitrogen and oxygen atoms in total. The summed E-state index contributed by atoms with van der Waals surface area (Å²) in [5.74, 6) is 1.52. The molecule has 74 valence electrons. The SMILES string of the molecule is Cn1ccc(-c2noc(CCCl)n2)n1. The number of halogens is 1. The van der Waals surface area contributed by atoms with E-state index in [1.807, 2.05) is 19.3 Å². The van der Waals surface area contributed by atoms with Crippen molar-refractivity contribution in [1.29, 1.82) is 0 Å². The molecule has 0 bridgehead atoms. The Morgan fingerprint density at radius 3 is 3.07 bits per heavy atom. The molecule has 0 aliphatic rings. The van der Waals surface area contributed by atoms with Gasteiger partial charge in [-0.25, -0.2) is 0 Å². The maximum absolute atomic E-state index is 5.55. The standard InChI is InChI=1S/C8H9ClN4O/c1-13-5-3-6(11-13)8-10-7(2-4-9)14-12-8/h3,5H,2,4H2,1H3. The smallest absolute Gasteiger partial charge is 0.228 e. The largest absolute Gasteiger partial charge is 0.339 e. The summed E-state index contributed by atoms with van der Waals surface area (Å²) < 4.78 is 6.66. The summed E-state index contributed by atoms with van der Waals surface area (Å²) in [5.41, 5.74) is 0.706. The summed E-state index contributed by atoms with van der Waals surface area (Å²) in [6, 6.07) is 1.83. The van der Waals surface area contributed by atoms with Gasteiger partial charge in [0.25, 0.3) is 0 Å². The van der Waals surface area contributed by atoms with Crippen molar-refractivity contribution < 1.29 is 4.52 Å². The first-order chi connectivity index (χ1) is 6.79. The third kappa shape index (κ3) is 1.77. The van der Waals surface area contributed by atoms with Crippen molar-refractivity contribution >= 4 is 11.6 Å². The fraction of sp³-hybridized carbons (Fsp3) is 0.375. The van der Waals surface area contributed by atoms with Crippen LogP contribution in [0.1, 0.15) is 5.89 Å². The summed E-state index contributed by atoms with van der Waals surface area (Å²) in [7, 11) is 1.84. The lowest BCUT2D eigenvalue weighted by atomic mass is 10.4. The van der Waals surface area contributed by atoms with Crippen LogP contribution in [-0.2, 0) is 13.5 Å². The molecule has 0 saturated carbocycles. The van der Waals surface area contributed by atoms with E-state index >= 15 is 0 Å². The average molecular weight is 213 g/mol. The van der Waals surface area contributed by atoms with Crippen molar-refractivity contribution in [3.05, 3.63) is 18.2 Å². The summed E-state index contributed by atoms with van der Waals surface area (Å²) in [4.78, 5) is 4.15. The van der Waals surface area contributed by atoms with Crippen molar-refractivity contribution in [1.82, 2.24) is 19.9 Å². The lowest BCUT2D eigenvalue weighted by molar-refractivity contribution is 0.383. The van der Waals surface area contributed by atoms with Gasteiger partial charge in [-0.2, -0.15) is 10.1 Å². The second-order valence-electron chi connectivity index (χ2n) is 2.83. The van der Waals surface area contributed by atoms with Gasteiger partial charge in [0.15, 0.2) is 0 Å². The highest BCUT2D eigenvalue weighted by molar-refractivity contribution is 6.17. The highest BCUT2D eigenvalue weighted by atomic mass is 35.5. The van der Waals surface area contributed by atoms with E-state index in [9.17, 15) is 0 Å². The van der Waals surface area contributed by atoms with Crippen LogP contribution in [0.3, 0.4) is 0 Å². The molecule has 0 aliphatic heterocycles. The minimum Gasteiger partial charge on any atom is -0.339 e. The molecule has 0 fully saturated rings. The van der Waals surface area contributed by atoms with E-state index in [2.05, 4.69) is 15.2 Å². The normalized spacial score (nSPS) is 10.7. The second kappa shape index (κ2) is 3.79. The van der Waals surface area contributed by atoms with Crippen molar-refractivity contribution in [3.63, 3.8) is 0 Å². The number of alkyl halides is 1. The molecular formula is C8H9ClN4O. The predicted molar refractivity (Wildman–Crippen MR) is 50.9 cm³/mol. The van der Waals surface area contributed by atoms with Crippen molar-refractivity contribution in [2.45, 2.75) is 6.42 Å². The quantitative estimate of drug-likeness (QED) is 0.719. The van der Waals surface area contributed by atoms with Gasteiger partial charge < -0.3 is 4.52 Å². The third-order valence-electron chi connectivity index (χ3n) is 1.72. The Morgan fingerprint density at radius 1 is 1.57 bits per heavy atom. The summed E-state index contributed by atoms with van der Waals surface area (Å²) in [5, 5.41) is 7.95. The van der Waals surface area contributed by atoms with Crippen LogP contribution < -0.4 is 0 Å². The monoisotopic (exact) mass is 212 g/mol. The highest BCUT2D eigenvalue weighted by Gasteiger charge is 2.09. The number of rotatable bonds is 3. The Labute approximate surface area is 85.7 Å². The van der Waals surface area contributed by atoms with Crippen LogP contribution in [0.15, 0.2) is 16.8 Å². The van der Waals surface area contributed by atoms with Gasteiger partial charge in [-0.05, 0) is 6.07 Å². The molecule has 2 aromatic heterocycles. The van der Waals surface area contributed by atoms with Gasteiger partial charge in [0, 0.05) is 25.5 Å². The Hall–Kier alpha value is -1.36. The van der Waals surface area contributed by atoms with Gasteiger partial charge in [0.2, 0.25) is 11.7 Å². The lowest BCUT2D eigenvalue weighted by Gasteiger charge is -1.85. The molecule has 0 saturated heterocycles. The zero-order valence-electron chi connectivity index (χ0n) is 7.64. The van der Waals surface area contributed by atoms with Gasteiger partial charge in [-0.3, -0.25) is 4.68 Å². The van der Waals surface area contributed by atoms with Gasteiger partial charge in [-0.15, -0.1) is 11.6 Å². The highest BCUT2D eigenvalue weighted by Crippen LogP contribution is 2.12. The molecular weight excluding hydrogens is 204 g/mol. The number of hydrogen-bond donors (Lipinski definition) is 0. The van der Waals surface area contributed by atoms with E-state index < -0.39 is 0 Å². The fourth-order valence-corrected chi connectivity index (χ4v) is 1.24. The second-order valence-corrected chi connectivity index (χ2v) is 3.20. The van der Waals surface area contributed by atoms with Crippen molar-refractivity contribution in [2.24, 2.45) is 7.05 Å². The Balaban J connectivity index is 2.24. The number of nitrogens with zero attached hydrogens (tertiary/aromatic N) is 4. The number of aromatic nitrogens is 4. The molecule has 6 heteroatoms. The molecule has 0 N–H and O–H groups in total. The molecule has 2 aromatic rings. The van der Waals surface area contributed by atoms with E-state index in [1.165, 1.54) is 0 Å². The molecule has 0 radical (unpaired) electrons. The van der Waals surface area contributed by atoms with Gasteiger partial charge >= 0.3 is 0 Å². The van der Waals surface area contributed by atoms with Gasteiger partial charge in [0.1, 0.15) is 5.69 Å². The minimum atomic E-state index is 0.476. The zero-order valence-corrected chi connectivity index (χ0v) is 8.40. The van der Waals surface area contributed by atoms with Crippen molar-refractivity contribution in [2.75, 3.05) is 5.88 Å². The Morgan fingerprint density at radius 2 is 2.43 bits per heavy atom. The summed E-state index contributed by atoms with van der Waals surface area (Å²) in [6.07, 6.45) is 2.41. The molecule has 0 aromatic carbocycles. The number of hydrogen-bond acceptors (Lipinski definition) is 4. The van der Waals surface area contributed by atoms with Crippen LogP contribution in [0.25, 0.3) is 11.5 Å². The van der Waals surface area contributed by atoms with E-state index in [0.717, 1.165) is 0 Å². The van der Waals surface area contributed by atoms with Crippen molar-refractivity contribution in [3.8, 4) is 11.5 Å². The van der Waals surface area contributed by atoms with Gasteiger partial charge in [-0.1, -0.05) is 5.16 Å². The van der Waals surface area contributed by atoms with Crippen LogP contribution in [0.4, 0.5) is 0 Å².